The summed E-state index contributed by atoms with van der Waals surface area (Å²) in [7, 11) is 0. The SMILES string of the molecule is CCn1nc(-c2ccnc(Cl)c2)cc1NC(=O)C(N)Cc1ccccc1. The first-order valence-electron chi connectivity index (χ1n) is 8.37. The Bertz CT molecular complexity index is 894. The molecule has 1 amide bonds. The van der Waals surface area contributed by atoms with Gasteiger partial charge in [-0.3, -0.25) is 4.79 Å². The molecule has 3 rings (SSSR count). The number of amides is 1. The van der Waals surface area contributed by atoms with E-state index in [1.807, 2.05) is 49.4 Å². The molecule has 2 aromatic heterocycles. The number of benzene rings is 1. The van der Waals surface area contributed by atoms with E-state index in [1.54, 1.807) is 16.9 Å². The van der Waals surface area contributed by atoms with Crippen molar-refractivity contribution in [3.05, 3.63) is 65.4 Å². The van der Waals surface area contributed by atoms with Crippen molar-refractivity contribution in [1.82, 2.24) is 14.8 Å². The Labute approximate surface area is 157 Å². The van der Waals surface area contributed by atoms with Gasteiger partial charge in [-0.25, -0.2) is 9.67 Å². The van der Waals surface area contributed by atoms with Crippen molar-refractivity contribution in [1.29, 1.82) is 0 Å². The van der Waals surface area contributed by atoms with Crippen molar-refractivity contribution < 1.29 is 4.79 Å². The van der Waals surface area contributed by atoms with Crippen LogP contribution in [0.5, 0.6) is 0 Å². The van der Waals surface area contributed by atoms with Gasteiger partial charge in [0.1, 0.15) is 11.0 Å². The number of nitrogens with one attached hydrogen (secondary N) is 1. The highest BCUT2D eigenvalue weighted by Crippen LogP contribution is 2.23. The van der Waals surface area contributed by atoms with Crippen LogP contribution in [0.15, 0.2) is 54.7 Å². The third kappa shape index (κ3) is 4.28. The van der Waals surface area contributed by atoms with E-state index in [9.17, 15) is 4.79 Å². The molecule has 7 heteroatoms. The van der Waals surface area contributed by atoms with E-state index < -0.39 is 6.04 Å². The summed E-state index contributed by atoms with van der Waals surface area (Å²) in [4.78, 5) is 16.4. The number of aryl methyl sites for hydroxylation is 1. The van der Waals surface area contributed by atoms with Gasteiger partial charge >= 0.3 is 0 Å². The molecule has 0 aliphatic carbocycles. The summed E-state index contributed by atoms with van der Waals surface area (Å²) in [5, 5.41) is 7.78. The molecule has 1 atom stereocenters. The summed E-state index contributed by atoms with van der Waals surface area (Å²) >= 11 is 5.95. The van der Waals surface area contributed by atoms with E-state index >= 15 is 0 Å². The normalized spacial score (nSPS) is 12.0. The number of aromatic nitrogens is 3. The molecule has 0 fully saturated rings. The fraction of sp³-hybridized carbons (Fsp3) is 0.211. The predicted octanol–water partition coefficient (Wildman–Crippen LogP) is 3.13. The molecule has 0 bridgehead atoms. The monoisotopic (exact) mass is 369 g/mol. The van der Waals surface area contributed by atoms with E-state index in [4.69, 9.17) is 17.3 Å². The van der Waals surface area contributed by atoms with Gasteiger partial charge in [-0.05, 0) is 31.0 Å². The molecule has 0 saturated heterocycles. The predicted molar refractivity (Wildman–Crippen MR) is 103 cm³/mol. The Kier molecular flexibility index (Phi) is 5.65. The fourth-order valence-electron chi connectivity index (χ4n) is 2.64. The molecule has 0 saturated carbocycles. The quantitative estimate of drug-likeness (QED) is 0.653. The number of rotatable bonds is 6. The minimum Gasteiger partial charge on any atom is -0.320 e. The summed E-state index contributed by atoms with van der Waals surface area (Å²) in [5.74, 6) is 0.353. The van der Waals surface area contributed by atoms with Crippen molar-refractivity contribution in [2.75, 3.05) is 5.32 Å². The zero-order chi connectivity index (χ0) is 18.5. The second-order valence-corrected chi connectivity index (χ2v) is 6.27. The van der Waals surface area contributed by atoms with Crippen LogP contribution in [0.2, 0.25) is 5.15 Å². The van der Waals surface area contributed by atoms with Gasteiger partial charge in [0.05, 0.1) is 11.7 Å². The molecule has 0 spiro atoms. The number of hydrogen-bond donors (Lipinski definition) is 2. The van der Waals surface area contributed by atoms with Crippen molar-refractivity contribution in [2.45, 2.75) is 25.9 Å². The van der Waals surface area contributed by atoms with Gasteiger partial charge in [0.15, 0.2) is 0 Å². The summed E-state index contributed by atoms with van der Waals surface area (Å²) in [5.41, 5.74) is 8.62. The van der Waals surface area contributed by atoms with Gasteiger partial charge in [-0.1, -0.05) is 41.9 Å². The average molecular weight is 370 g/mol. The molecule has 26 heavy (non-hydrogen) atoms. The number of hydrogen-bond acceptors (Lipinski definition) is 4. The Balaban J connectivity index is 1.75. The number of nitrogens with two attached hydrogens (primary N) is 1. The van der Waals surface area contributed by atoms with Crippen LogP contribution >= 0.6 is 11.6 Å². The molecule has 6 nitrogen and oxygen atoms in total. The highest BCUT2D eigenvalue weighted by molar-refractivity contribution is 6.29. The van der Waals surface area contributed by atoms with Crippen molar-refractivity contribution >= 4 is 23.3 Å². The molecule has 0 aliphatic rings. The first kappa shape index (κ1) is 18.1. The van der Waals surface area contributed by atoms with Gasteiger partial charge in [-0.15, -0.1) is 0 Å². The Morgan fingerprint density at radius 2 is 2.04 bits per heavy atom. The average Bonchev–Trinajstić information content (AvgIpc) is 3.05. The number of halogens is 1. The molecule has 0 aliphatic heterocycles. The van der Waals surface area contributed by atoms with Gasteiger partial charge in [0.25, 0.3) is 0 Å². The molecule has 1 aromatic carbocycles. The number of carbonyl (C=O) groups excluding carboxylic acids is 1. The molecule has 3 N–H and O–H groups in total. The Morgan fingerprint density at radius 1 is 1.27 bits per heavy atom. The lowest BCUT2D eigenvalue weighted by Crippen LogP contribution is -2.37. The Morgan fingerprint density at radius 3 is 2.73 bits per heavy atom. The van der Waals surface area contributed by atoms with Crippen LogP contribution in [0.3, 0.4) is 0 Å². The zero-order valence-electron chi connectivity index (χ0n) is 14.4. The lowest BCUT2D eigenvalue weighted by molar-refractivity contribution is -0.117. The van der Waals surface area contributed by atoms with Crippen LogP contribution < -0.4 is 11.1 Å². The first-order valence-corrected chi connectivity index (χ1v) is 8.74. The maximum absolute atomic E-state index is 12.5. The molecular weight excluding hydrogens is 350 g/mol. The van der Waals surface area contributed by atoms with E-state index in [2.05, 4.69) is 15.4 Å². The highest BCUT2D eigenvalue weighted by atomic mass is 35.5. The topological polar surface area (TPSA) is 85.8 Å². The minimum absolute atomic E-state index is 0.247. The summed E-state index contributed by atoms with van der Waals surface area (Å²) < 4.78 is 1.72. The van der Waals surface area contributed by atoms with Crippen LogP contribution in [0, 0.1) is 0 Å². The largest absolute Gasteiger partial charge is 0.320 e. The molecule has 3 aromatic rings. The lowest BCUT2D eigenvalue weighted by atomic mass is 10.1. The van der Waals surface area contributed by atoms with Crippen LogP contribution in [0.4, 0.5) is 5.82 Å². The summed E-state index contributed by atoms with van der Waals surface area (Å²) in [6, 6.07) is 14.4. The summed E-state index contributed by atoms with van der Waals surface area (Å²) in [6.07, 6.45) is 2.09. The Hall–Kier alpha value is -2.70. The second-order valence-electron chi connectivity index (χ2n) is 5.88. The zero-order valence-corrected chi connectivity index (χ0v) is 15.1. The van der Waals surface area contributed by atoms with E-state index in [-0.39, 0.29) is 5.91 Å². The van der Waals surface area contributed by atoms with E-state index in [1.165, 1.54) is 0 Å². The third-order valence-electron chi connectivity index (χ3n) is 3.99. The maximum Gasteiger partial charge on any atom is 0.242 e. The van der Waals surface area contributed by atoms with Gasteiger partial charge in [0.2, 0.25) is 5.91 Å². The second kappa shape index (κ2) is 8.12. The number of anilines is 1. The van der Waals surface area contributed by atoms with Gasteiger partial charge in [0, 0.05) is 24.4 Å². The minimum atomic E-state index is -0.642. The number of carbonyl (C=O) groups is 1. The van der Waals surface area contributed by atoms with Crippen molar-refractivity contribution in [2.24, 2.45) is 5.73 Å². The summed E-state index contributed by atoms with van der Waals surface area (Å²) in [6.45, 7) is 2.57. The standard InChI is InChI=1S/C19H20ClN5O/c1-2-25-18(12-16(24-25)14-8-9-22-17(20)11-14)23-19(26)15(21)10-13-6-4-3-5-7-13/h3-9,11-12,15H,2,10,21H2,1H3,(H,23,26). The number of pyridine rings is 1. The van der Waals surface area contributed by atoms with Crippen molar-refractivity contribution in [3.8, 4) is 11.3 Å². The van der Waals surface area contributed by atoms with Gasteiger partial charge < -0.3 is 11.1 Å². The molecule has 134 valence electrons. The fourth-order valence-corrected chi connectivity index (χ4v) is 2.81. The smallest absolute Gasteiger partial charge is 0.242 e. The molecule has 0 radical (unpaired) electrons. The van der Waals surface area contributed by atoms with Crippen LogP contribution in [0.25, 0.3) is 11.3 Å². The van der Waals surface area contributed by atoms with Crippen LogP contribution in [0.1, 0.15) is 12.5 Å². The van der Waals surface area contributed by atoms with Crippen LogP contribution in [-0.4, -0.2) is 26.7 Å². The molecule has 2 heterocycles. The molecular formula is C19H20ClN5O. The first-order chi connectivity index (χ1) is 12.6. The lowest BCUT2D eigenvalue weighted by Gasteiger charge is -2.12. The highest BCUT2D eigenvalue weighted by Gasteiger charge is 2.17. The van der Waals surface area contributed by atoms with E-state index in [0.717, 1.165) is 11.1 Å². The number of nitrogens with zero attached hydrogens (tertiary/aromatic N) is 3. The van der Waals surface area contributed by atoms with Crippen molar-refractivity contribution in [3.63, 3.8) is 0 Å². The maximum atomic E-state index is 12.5. The molecule has 1 unspecified atom stereocenters. The third-order valence-corrected chi connectivity index (χ3v) is 4.20. The van der Waals surface area contributed by atoms with E-state index in [0.29, 0.717) is 29.6 Å². The van der Waals surface area contributed by atoms with Crippen LogP contribution in [-0.2, 0) is 17.8 Å². The van der Waals surface area contributed by atoms with Gasteiger partial charge in [-0.2, -0.15) is 5.10 Å².